The number of hydrogen-bond donors (Lipinski definition) is 2. The maximum Gasteiger partial charge on any atom is 0.432 e. The number of hydrogen-bond acceptors (Lipinski definition) is 4. The summed E-state index contributed by atoms with van der Waals surface area (Å²) in [7, 11) is 0. The minimum atomic E-state index is -4.54. The molecular formula is C10H8F3N5O. The smallest absolute Gasteiger partial charge is 0.320 e. The number of nitrogens with one attached hydrogen (secondary N) is 2. The van der Waals surface area contributed by atoms with Gasteiger partial charge >= 0.3 is 6.18 Å². The van der Waals surface area contributed by atoms with Gasteiger partial charge in [0.2, 0.25) is 5.95 Å². The molecule has 9 heteroatoms. The van der Waals surface area contributed by atoms with E-state index in [4.69, 9.17) is 0 Å². The summed E-state index contributed by atoms with van der Waals surface area (Å²) in [4.78, 5) is 24.6. The summed E-state index contributed by atoms with van der Waals surface area (Å²) in [5.74, 6) is -1.00. The van der Waals surface area contributed by atoms with Crippen LogP contribution in [-0.4, -0.2) is 25.8 Å². The molecule has 0 bridgehead atoms. The van der Waals surface area contributed by atoms with Gasteiger partial charge in [-0.05, 0) is 6.92 Å². The molecule has 0 aliphatic rings. The van der Waals surface area contributed by atoms with Crippen LogP contribution in [0.1, 0.15) is 21.9 Å². The molecule has 2 N–H and O–H groups in total. The molecule has 2 heterocycles. The Morgan fingerprint density at radius 2 is 1.95 bits per heavy atom. The highest BCUT2D eigenvalue weighted by Crippen LogP contribution is 2.28. The van der Waals surface area contributed by atoms with Crippen LogP contribution in [0.5, 0.6) is 0 Å². The number of aromatic amines is 1. The summed E-state index contributed by atoms with van der Waals surface area (Å²) in [5.41, 5.74) is -0.442. The number of alkyl halides is 3. The monoisotopic (exact) mass is 271 g/mol. The van der Waals surface area contributed by atoms with E-state index >= 15 is 0 Å². The third-order valence-electron chi connectivity index (χ3n) is 2.13. The molecule has 0 aromatic carbocycles. The average molecular weight is 271 g/mol. The van der Waals surface area contributed by atoms with Crippen molar-refractivity contribution in [3.63, 3.8) is 0 Å². The summed E-state index contributed by atoms with van der Waals surface area (Å²) in [5, 5.41) is 2.16. The van der Waals surface area contributed by atoms with Gasteiger partial charge in [0.05, 0.1) is 18.1 Å². The Labute approximate surface area is 105 Å². The molecule has 0 aliphatic carbocycles. The largest absolute Gasteiger partial charge is 0.432 e. The Morgan fingerprint density at radius 1 is 1.21 bits per heavy atom. The second-order valence-electron chi connectivity index (χ2n) is 3.64. The lowest BCUT2D eigenvalue weighted by molar-refractivity contribution is -0.140. The molecule has 100 valence electrons. The number of amides is 1. The fraction of sp³-hybridized carbons (Fsp3) is 0.200. The minimum Gasteiger partial charge on any atom is -0.320 e. The molecule has 0 saturated carbocycles. The summed E-state index contributed by atoms with van der Waals surface area (Å²) >= 11 is 0. The number of H-pyrrole nitrogens is 1. The normalized spacial score (nSPS) is 11.4. The zero-order valence-corrected chi connectivity index (χ0v) is 9.62. The predicted molar refractivity (Wildman–Crippen MR) is 58.3 cm³/mol. The summed E-state index contributed by atoms with van der Waals surface area (Å²) in [6.45, 7) is 1.69. The van der Waals surface area contributed by atoms with Crippen LogP contribution in [0.25, 0.3) is 0 Å². The summed E-state index contributed by atoms with van der Waals surface area (Å²) in [6, 6.07) is 0. The first-order valence-corrected chi connectivity index (χ1v) is 5.08. The van der Waals surface area contributed by atoms with E-state index in [1.54, 1.807) is 6.92 Å². The second-order valence-corrected chi connectivity index (χ2v) is 3.64. The minimum absolute atomic E-state index is 0.0180. The second kappa shape index (κ2) is 4.67. The number of aryl methyl sites for hydroxylation is 1. The third kappa shape index (κ3) is 3.06. The van der Waals surface area contributed by atoms with Gasteiger partial charge < -0.3 is 4.98 Å². The first-order valence-electron chi connectivity index (χ1n) is 5.08. The van der Waals surface area contributed by atoms with Crippen molar-refractivity contribution >= 4 is 11.9 Å². The molecular weight excluding hydrogens is 263 g/mol. The van der Waals surface area contributed by atoms with E-state index in [1.807, 2.05) is 4.98 Å². The van der Waals surface area contributed by atoms with Crippen molar-refractivity contribution in [3.05, 3.63) is 35.7 Å². The molecule has 6 nitrogen and oxygen atoms in total. The number of halogens is 3. The van der Waals surface area contributed by atoms with Crippen molar-refractivity contribution in [2.45, 2.75) is 13.1 Å². The van der Waals surface area contributed by atoms with Crippen LogP contribution >= 0.6 is 0 Å². The van der Waals surface area contributed by atoms with Crippen molar-refractivity contribution < 1.29 is 18.0 Å². The SMILES string of the molecule is Cc1cnc(C(=O)Nc2ncc(C(F)(F)F)[nH]2)cn1. The number of aromatic nitrogens is 4. The van der Waals surface area contributed by atoms with Crippen molar-refractivity contribution in [2.75, 3.05) is 5.32 Å². The van der Waals surface area contributed by atoms with Gasteiger partial charge in [0.15, 0.2) is 0 Å². The first kappa shape index (κ1) is 13.0. The van der Waals surface area contributed by atoms with Gasteiger partial charge in [-0.2, -0.15) is 13.2 Å². The van der Waals surface area contributed by atoms with E-state index in [9.17, 15) is 18.0 Å². The molecule has 2 aromatic rings. The number of carbonyl (C=O) groups excluding carboxylic acids is 1. The van der Waals surface area contributed by atoms with Gasteiger partial charge in [0, 0.05) is 6.20 Å². The number of carbonyl (C=O) groups is 1. The topological polar surface area (TPSA) is 83.6 Å². The quantitative estimate of drug-likeness (QED) is 0.872. The van der Waals surface area contributed by atoms with Crippen molar-refractivity contribution in [1.82, 2.24) is 19.9 Å². The Kier molecular flexibility index (Phi) is 3.19. The molecule has 0 atom stereocenters. The third-order valence-corrected chi connectivity index (χ3v) is 2.13. The van der Waals surface area contributed by atoms with Crippen LogP contribution in [0, 0.1) is 6.92 Å². The average Bonchev–Trinajstić information content (AvgIpc) is 2.78. The number of nitrogens with zero attached hydrogens (tertiary/aromatic N) is 3. The molecule has 2 aromatic heterocycles. The van der Waals surface area contributed by atoms with Gasteiger partial charge in [-0.1, -0.05) is 0 Å². The molecule has 0 aliphatic heterocycles. The van der Waals surface area contributed by atoms with Gasteiger partial charge in [0.1, 0.15) is 11.4 Å². The number of rotatable bonds is 2. The maximum atomic E-state index is 12.3. The van der Waals surface area contributed by atoms with Crippen LogP contribution in [0.15, 0.2) is 18.6 Å². The van der Waals surface area contributed by atoms with Gasteiger partial charge in [-0.25, -0.2) is 9.97 Å². The van der Waals surface area contributed by atoms with Crippen molar-refractivity contribution in [3.8, 4) is 0 Å². The maximum absolute atomic E-state index is 12.3. The van der Waals surface area contributed by atoms with Crippen LogP contribution in [0.3, 0.4) is 0 Å². The van der Waals surface area contributed by atoms with E-state index in [0.29, 0.717) is 11.9 Å². The fourth-order valence-electron chi connectivity index (χ4n) is 1.21. The lowest BCUT2D eigenvalue weighted by Gasteiger charge is -2.02. The highest BCUT2D eigenvalue weighted by Gasteiger charge is 2.33. The van der Waals surface area contributed by atoms with Crippen LogP contribution < -0.4 is 5.32 Å². The molecule has 0 fully saturated rings. The van der Waals surface area contributed by atoms with Gasteiger partial charge in [-0.3, -0.25) is 15.1 Å². The first-order chi connectivity index (χ1) is 8.86. The molecule has 1 amide bonds. The highest BCUT2D eigenvalue weighted by atomic mass is 19.4. The Hall–Kier alpha value is -2.45. The van der Waals surface area contributed by atoms with Crippen LogP contribution in [-0.2, 0) is 6.18 Å². The van der Waals surface area contributed by atoms with Crippen LogP contribution in [0.2, 0.25) is 0 Å². The lowest BCUT2D eigenvalue weighted by Crippen LogP contribution is -2.15. The molecule has 0 radical (unpaired) electrons. The fourth-order valence-corrected chi connectivity index (χ4v) is 1.21. The highest BCUT2D eigenvalue weighted by molar-refractivity contribution is 6.01. The van der Waals surface area contributed by atoms with E-state index in [1.165, 1.54) is 12.4 Å². The number of anilines is 1. The zero-order valence-electron chi connectivity index (χ0n) is 9.62. The van der Waals surface area contributed by atoms with E-state index < -0.39 is 17.8 Å². The van der Waals surface area contributed by atoms with Gasteiger partial charge in [-0.15, -0.1) is 0 Å². The Morgan fingerprint density at radius 3 is 2.47 bits per heavy atom. The standard InChI is InChI=1S/C10H8F3N5O/c1-5-2-15-6(3-14-5)8(19)18-9-16-4-7(17-9)10(11,12)13/h2-4H,1H3,(H2,16,17,18,19). The lowest BCUT2D eigenvalue weighted by atomic mass is 10.4. The Bertz CT molecular complexity index is 590. The van der Waals surface area contributed by atoms with E-state index in [2.05, 4.69) is 20.3 Å². The summed E-state index contributed by atoms with van der Waals surface area (Å²) < 4.78 is 36.9. The van der Waals surface area contributed by atoms with E-state index in [-0.39, 0.29) is 11.6 Å². The molecule has 19 heavy (non-hydrogen) atoms. The van der Waals surface area contributed by atoms with Crippen LogP contribution in [0.4, 0.5) is 19.1 Å². The molecule has 0 unspecified atom stereocenters. The van der Waals surface area contributed by atoms with Crippen molar-refractivity contribution in [1.29, 1.82) is 0 Å². The molecule has 2 rings (SSSR count). The van der Waals surface area contributed by atoms with E-state index in [0.717, 1.165) is 0 Å². The van der Waals surface area contributed by atoms with Gasteiger partial charge in [0.25, 0.3) is 5.91 Å². The molecule has 0 saturated heterocycles. The zero-order chi connectivity index (χ0) is 14.0. The number of imidazole rings is 1. The Balaban J connectivity index is 2.11. The summed E-state index contributed by atoms with van der Waals surface area (Å²) in [6.07, 6.45) is -1.35. The molecule has 0 spiro atoms. The predicted octanol–water partition coefficient (Wildman–Crippen LogP) is 1.78. The van der Waals surface area contributed by atoms with Crippen molar-refractivity contribution in [2.24, 2.45) is 0 Å².